The molecular weight excluding hydrogens is 266 g/mol. The van der Waals surface area contributed by atoms with Crippen molar-refractivity contribution >= 4 is 17.4 Å². The molecule has 1 aliphatic carbocycles. The first-order chi connectivity index (χ1) is 10.2. The van der Waals surface area contributed by atoms with E-state index in [1.165, 1.54) is 12.8 Å². The van der Waals surface area contributed by atoms with E-state index >= 15 is 0 Å². The van der Waals surface area contributed by atoms with Gasteiger partial charge in [-0.25, -0.2) is 4.98 Å². The van der Waals surface area contributed by atoms with E-state index < -0.39 is 0 Å². The molecule has 0 spiro atoms. The van der Waals surface area contributed by atoms with Gasteiger partial charge in [-0.1, -0.05) is 0 Å². The van der Waals surface area contributed by atoms with Crippen LogP contribution in [0.4, 0.5) is 11.5 Å². The molecule has 0 saturated heterocycles. The minimum Gasteiger partial charge on any atom is -0.497 e. The molecule has 1 aromatic carbocycles. The van der Waals surface area contributed by atoms with Crippen LogP contribution in [0.2, 0.25) is 0 Å². The van der Waals surface area contributed by atoms with E-state index in [9.17, 15) is 4.79 Å². The Kier molecular flexibility index (Phi) is 3.73. The number of amides is 1. The Morgan fingerprint density at radius 1 is 1.19 bits per heavy atom. The monoisotopic (exact) mass is 283 g/mol. The fraction of sp³-hybridized carbons (Fsp3) is 0.250. The number of carbonyl (C=O) groups is 1. The van der Waals surface area contributed by atoms with E-state index in [-0.39, 0.29) is 5.91 Å². The number of pyridine rings is 1. The van der Waals surface area contributed by atoms with Crippen molar-refractivity contribution in [2.75, 3.05) is 17.7 Å². The number of methoxy groups -OCH3 is 1. The molecule has 0 radical (unpaired) electrons. The summed E-state index contributed by atoms with van der Waals surface area (Å²) < 4.78 is 5.07. The maximum Gasteiger partial charge on any atom is 0.256 e. The Labute approximate surface area is 123 Å². The zero-order chi connectivity index (χ0) is 14.7. The van der Waals surface area contributed by atoms with Gasteiger partial charge in [0.25, 0.3) is 5.91 Å². The summed E-state index contributed by atoms with van der Waals surface area (Å²) in [7, 11) is 1.59. The quantitative estimate of drug-likeness (QED) is 0.885. The molecular formula is C16H17N3O2. The number of anilines is 2. The van der Waals surface area contributed by atoms with E-state index in [4.69, 9.17) is 4.74 Å². The van der Waals surface area contributed by atoms with Crippen LogP contribution in [0, 0.1) is 0 Å². The first kappa shape index (κ1) is 13.4. The van der Waals surface area contributed by atoms with Crippen LogP contribution in [-0.2, 0) is 0 Å². The van der Waals surface area contributed by atoms with Crippen molar-refractivity contribution in [1.82, 2.24) is 4.98 Å². The van der Waals surface area contributed by atoms with E-state index in [2.05, 4.69) is 15.6 Å². The highest BCUT2D eigenvalue weighted by atomic mass is 16.5. The third-order valence-corrected chi connectivity index (χ3v) is 3.31. The molecule has 1 heterocycles. The van der Waals surface area contributed by atoms with Crippen LogP contribution < -0.4 is 15.4 Å². The summed E-state index contributed by atoms with van der Waals surface area (Å²) in [5, 5.41) is 6.12. The van der Waals surface area contributed by atoms with Gasteiger partial charge in [-0.05, 0) is 49.2 Å². The lowest BCUT2D eigenvalue weighted by Crippen LogP contribution is -2.13. The van der Waals surface area contributed by atoms with Crippen LogP contribution >= 0.6 is 0 Å². The highest BCUT2D eigenvalue weighted by Gasteiger charge is 2.20. The first-order valence-electron chi connectivity index (χ1n) is 6.92. The standard InChI is InChI=1S/C16H17N3O2/c1-21-14-7-2-11(3-8-14)16(20)19-15-9-6-13(10-17-15)18-12-4-5-12/h2-3,6-10,12,18H,4-5H2,1H3,(H,17,19,20). The summed E-state index contributed by atoms with van der Waals surface area (Å²) in [6, 6.07) is 11.3. The molecule has 0 unspecified atom stereocenters. The number of nitrogens with zero attached hydrogens (tertiary/aromatic N) is 1. The summed E-state index contributed by atoms with van der Waals surface area (Å²) in [5.74, 6) is 1.07. The number of rotatable bonds is 5. The highest BCUT2D eigenvalue weighted by Crippen LogP contribution is 2.24. The first-order valence-corrected chi connectivity index (χ1v) is 6.92. The van der Waals surface area contributed by atoms with Crippen molar-refractivity contribution in [3.63, 3.8) is 0 Å². The molecule has 2 aromatic rings. The molecule has 21 heavy (non-hydrogen) atoms. The lowest BCUT2D eigenvalue weighted by Gasteiger charge is -2.07. The van der Waals surface area contributed by atoms with Gasteiger partial charge in [0.15, 0.2) is 0 Å². The number of ether oxygens (including phenoxy) is 1. The summed E-state index contributed by atoms with van der Waals surface area (Å²) in [6.45, 7) is 0. The summed E-state index contributed by atoms with van der Waals surface area (Å²) in [6.07, 6.45) is 4.17. The Morgan fingerprint density at radius 3 is 2.52 bits per heavy atom. The van der Waals surface area contributed by atoms with Crippen LogP contribution in [0.3, 0.4) is 0 Å². The van der Waals surface area contributed by atoms with Gasteiger partial charge in [0.1, 0.15) is 11.6 Å². The molecule has 108 valence electrons. The molecule has 0 atom stereocenters. The van der Waals surface area contributed by atoms with Crippen molar-refractivity contribution in [1.29, 1.82) is 0 Å². The van der Waals surface area contributed by atoms with Crippen molar-refractivity contribution in [2.45, 2.75) is 18.9 Å². The summed E-state index contributed by atoms with van der Waals surface area (Å²) >= 11 is 0. The molecule has 5 nitrogen and oxygen atoms in total. The minimum absolute atomic E-state index is 0.187. The molecule has 1 fully saturated rings. The van der Waals surface area contributed by atoms with Gasteiger partial charge < -0.3 is 15.4 Å². The highest BCUT2D eigenvalue weighted by molar-refractivity contribution is 6.03. The van der Waals surface area contributed by atoms with Gasteiger partial charge in [-0.15, -0.1) is 0 Å². The van der Waals surface area contributed by atoms with Crippen molar-refractivity contribution in [2.24, 2.45) is 0 Å². The third-order valence-electron chi connectivity index (χ3n) is 3.31. The van der Waals surface area contributed by atoms with Gasteiger partial charge in [0.05, 0.1) is 19.0 Å². The van der Waals surface area contributed by atoms with Gasteiger partial charge in [-0.2, -0.15) is 0 Å². The number of carbonyl (C=O) groups excluding carboxylic acids is 1. The number of hydrogen-bond donors (Lipinski definition) is 2. The number of benzene rings is 1. The minimum atomic E-state index is -0.187. The second-order valence-corrected chi connectivity index (χ2v) is 5.03. The lowest BCUT2D eigenvalue weighted by atomic mass is 10.2. The summed E-state index contributed by atoms with van der Waals surface area (Å²) in [4.78, 5) is 16.3. The Balaban J connectivity index is 1.62. The van der Waals surface area contributed by atoms with Gasteiger partial charge >= 0.3 is 0 Å². The number of nitrogens with one attached hydrogen (secondary N) is 2. The maximum absolute atomic E-state index is 12.1. The largest absolute Gasteiger partial charge is 0.497 e. The molecule has 0 bridgehead atoms. The molecule has 0 aliphatic heterocycles. The van der Waals surface area contributed by atoms with Gasteiger partial charge in [0, 0.05) is 11.6 Å². The van der Waals surface area contributed by atoms with E-state index in [1.54, 1.807) is 43.6 Å². The molecule has 1 aromatic heterocycles. The molecule has 5 heteroatoms. The summed E-state index contributed by atoms with van der Waals surface area (Å²) in [5.41, 5.74) is 1.55. The van der Waals surface area contributed by atoms with Crippen molar-refractivity contribution < 1.29 is 9.53 Å². The van der Waals surface area contributed by atoms with E-state index in [0.717, 1.165) is 11.4 Å². The zero-order valence-corrected chi connectivity index (χ0v) is 11.8. The third kappa shape index (κ3) is 3.51. The van der Waals surface area contributed by atoms with Crippen LogP contribution in [-0.4, -0.2) is 24.0 Å². The normalized spacial score (nSPS) is 13.6. The average molecular weight is 283 g/mol. The molecule has 1 saturated carbocycles. The van der Waals surface area contributed by atoms with Gasteiger partial charge in [0.2, 0.25) is 0 Å². The van der Waals surface area contributed by atoms with Crippen LogP contribution in [0.5, 0.6) is 5.75 Å². The van der Waals surface area contributed by atoms with E-state index in [1.807, 2.05) is 6.07 Å². The fourth-order valence-electron chi connectivity index (χ4n) is 1.95. The number of aromatic nitrogens is 1. The Hall–Kier alpha value is -2.56. The fourth-order valence-corrected chi connectivity index (χ4v) is 1.95. The zero-order valence-electron chi connectivity index (χ0n) is 11.8. The van der Waals surface area contributed by atoms with Crippen LogP contribution in [0.25, 0.3) is 0 Å². The second kappa shape index (κ2) is 5.83. The second-order valence-electron chi connectivity index (χ2n) is 5.03. The lowest BCUT2D eigenvalue weighted by molar-refractivity contribution is 0.102. The van der Waals surface area contributed by atoms with Crippen molar-refractivity contribution in [3.05, 3.63) is 48.2 Å². The maximum atomic E-state index is 12.1. The SMILES string of the molecule is COc1ccc(C(=O)Nc2ccc(NC3CC3)cn2)cc1. The van der Waals surface area contributed by atoms with E-state index in [0.29, 0.717) is 17.4 Å². The molecule has 2 N–H and O–H groups in total. The van der Waals surface area contributed by atoms with Crippen LogP contribution in [0.1, 0.15) is 23.2 Å². The predicted molar refractivity (Wildman–Crippen MR) is 81.8 cm³/mol. The Bertz CT molecular complexity index is 619. The Morgan fingerprint density at radius 2 is 1.95 bits per heavy atom. The predicted octanol–water partition coefficient (Wildman–Crippen LogP) is 2.92. The van der Waals surface area contributed by atoms with Crippen molar-refractivity contribution in [3.8, 4) is 5.75 Å². The van der Waals surface area contributed by atoms with Crippen LogP contribution in [0.15, 0.2) is 42.6 Å². The smallest absolute Gasteiger partial charge is 0.256 e. The number of hydrogen-bond acceptors (Lipinski definition) is 4. The average Bonchev–Trinajstić information content (AvgIpc) is 3.33. The topological polar surface area (TPSA) is 63.2 Å². The molecule has 1 amide bonds. The molecule has 1 aliphatic rings. The van der Waals surface area contributed by atoms with Gasteiger partial charge in [-0.3, -0.25) is 4.79 Å². The molecule has 3 rings (SSSR count).